The fraction of sp³-hybridized carbons (Fsp3) is 0.708. The smallest absolute Gasteiger partial charge is 0.410 e. The van der Waals surface area contributed by atoms with Gasteiger partial charge < -0.3 is 35.6 Å². The van der Waals surface area contributed by atoms with Crippen LogP contribution >= 0.6 is 0 Å². The van der Waals surface area contributed by atoms with Crippen LogP contribution in [0.15, 0.2) is 0 Å². The van der Waals surface area contributed by atoms with E-state index in [1.165, 1.54) is 4.90 Å². The van der Waals surface area contributed by atoms with Gasteiger partial charge in [-0.1, -0.05) is 0 Å². The number of ether oxygens (including phenoxy) is 2. The molecule has 1 aromatic heterocycles. The molecule has 1 unspecified atom stereocenters. The first-order chi connectivity index (χ1) is 17.6. The number of carbonyl (C=O) groups excluding carboxylic acids is 3. The topological polar surface area (TPSA) is 258 Å². The van der Waals surface area contributed by atoms with Crippen molar-refractivity contribution in [1.29, 1.82) is 5.26 Å². The first-order valence-corrected chi connectivity index (χ1v) is 12.3. The number of nitriles is 1. The lowest BCUT2D eigenvalue weighted by Gasteiger charge is -2.31. The molecule has 15 nitrogen and oxygen atoms in total. The van der Waals surface area contributed by atoms with Crippen LogP contribution in [-0.2, 0) is 27.2 Å². The molecule has 0 bridgehead atoms. The Morgan fingerprint density at radius 3 is 2.00 bits per heavy atom. The van der Waals surface area contributed by atoms with E-state index in [0.717, 1.165) is 17.7 Å². The third kappa shape index (κ3) is 13.8. The number of ketones is 1. The molecule has 1 fully saturated rings. The summed E-state index contributed by atoms with van der Waals surface area (Å²) in [5, 5.41) is 23.1. The number of nitrogens with two attached hydrogens (primary N) is 3. The molecule has 1 aromatic rings. The molecule has 3 heterocycles. The number of amides is 2. The largest absolute Gasteiger partial charge is 0.444 e. The van der Waals surface area contributed by atoms with Crippen LogP contribution in [-0.4, -0.2) is 86.0 Å². The summed E-state index contributed by atoms with van der Waals surface area (Å²) in [6.07, 6.45) is 0.208. The SMILES string of the molecule is CC(C)(C)OC(=O)N1CCC(=O)C(C#N)C1.CC(C)(C)OC(=O)N1CCc2[nH]nc(N)c2C1.CCO.NN.O. The summed E-state index contributed by atoms with van der Waals surface area (Å²) < 4.78 is 10.5. The molecular formula is C24H46N8O7. The van der Waals surface area contributed by atoms with Gasteiger partial charge in [-0.05, 0) is 48.5 Å². The minimum absolute atomic E-state index is 0. The number of nitrogen functional groups attached to an aromatic ring is 1. The number of aromatic nitrogens is 2. The number of fused-ring (bicyclic) bond motifs is 1. The Hall–Kier alpha value is -3.45. The van der Waals surface area contributed by atoms with Crippen molar-refractivity contribution >= 4 is 23.8 Å². The van der Waals surface area contributed by atoms with Gasteiger partial charge in [0.15, 0.2) is 5.78 Å². The highest BCUT2D eigenvalue weighted by atomic mass is 16.6. The third-order valence-electron chi connectivity index (χ3n) is 4.84. The monoisotopic (exact) mass is 558 g/mol. The van der Waals surface area contributed by atoms with Crippen LogP contribution in [0, 0.1) is 17.2 Å². The normalized spacial score (nSPS) is 16.2. The van der Waals surface area contributed by atoms with Gasteiger partial charge in [0.25, 0.3) is 0 Å². The fourth-order valence-corrected chi connectivity index (χ4v) is 3.24. The molecular weight excluding hydrogens is 512 g/mol. The number of Topliss-reactive ketones (excluding diaryl/α,β-unsaturated/α-hetero) is 1. The van der Waals surface area contributed by atoms with Crippen molar-refractivity contribution in [1.82, 2.24) is 20.0 Å². The molecule has 1 saturated heterocycles. The number of carbonyl (C=O) groups is 3. The molecule has 2 amide bonds. The number of H-pyrrole nitrogens is 1. The van der Waals surface area contributed by atoms with Crippen molar-refractivity contribution in [3.05, 3.63) is 11.3 Å². The van der Waals surface area contributed by atoms with Crippen LogP contribution in [0.5, 0.6) is 0 Å². The Labute approximate surface area is 229 Å². The van der Waals surface area contributed by atoms with Gasteiger partial charge in [0.2, 0.25) is 0 Å². The summed E-state index contributed by atoms with van der Waals surface area (Å²) in [5.74, 6) is 7.66. The van der Waals surface area contributed by atoms with E-state index in [1.54, 1.807) is 32.6 Å². The Balaban J connectivity index is 0. The van der Waals surface area contributed by atoms with E-state index in [2.05, 4.69) is 21.9 Å². The number of aromatic amines is 1. The van der Waals surface area contributed by atoms with E-state index in [1.807, 2.05) is 26.8 Å². The summed E-state index contributed by atoms with van der Waals surface area (Å²) in [6.45, 7) is 14.4. The van der Waals surface area contributed by atoms with E-state index in [-0.39, 0.29) is 36.9 Å². The fourth-order valence-electron chi connectivity index (χ4n) is 3.24. The number of hydrogen-bond acceptors (Lipinski definition) is 11. The van der Waals surface area contributed by atoms with Gasteiger partial charge in [0.1, 0.15) is 22.9 Å². The van der Waals surface area contributed by atoms with Gasteiger partial charge in [0.05, 0.1) is 12.6 Å². The quantitative estimate of drug-likeness (QED) is 0.217. The molecule has 2 aliphatic heterocycles. The van der Waals surface area contributed by atoms with Gasteiger partial charge in [-0.2, -0.15) is 10.4 Å². The van der Waals surface area contributed by atoms with Crippen molar-refractivity contribution in [3.8, 4) is 6.07 Å². The predicted octanol–water partition coefficient (Wildman–Crippen LogP) is 0.614. The van der Waals surface area contributed by atoms with Gasteiger partial charge in [-0.25, -0.2) is 9.59 Å². The average Bonchev–Trinajstić information content (AvgIpc) is 3.19. The maximum atomic E-state index is 11.9. The molecule has 1 atom stereocenters. The second-order valence-electron chi connectivity index (χ2n) is 10.4. The molecule has 15 heteroatoms. The number of nitrogens with one attached hydrogen (secondary N) is 1. The van der Waals surface area contributed by atoms with E-state index < -0.39 is 23.2 Å². The number of aliphatic hydroxyl groups is 1. The van der Waals surface area contributed by atoms with Crippen molar-refractivity contribution in [2.45, 2.75) is 79.1 Å². The number of piperidine rings is 1. The van der Waals surface area contributed by atoms with Gasteiger partial charge in [-0.3, -0.25) is 21.6 Å². The van der Waals surface area contributed by atoms with Crippen LogP contribution in [0.1, 0.15) is 66.1 Å². The summed E-state index contributed by atoms with van der Waals surface area (Å²) in [5.41, 5.74) is 6.62. The lowest BCUT2D eigenvalue weighted by Crippen LogP contribution is -2.45. The van der Waals surface area contributed by atoms with E-state index in [9.17, 15) is 14.4 Å². The number of rotatable bonds is 0. The minimum atomic E-state index is -0.707. The summed E-state index contributed by atoms with van der Waals surface area (Å²) in [7, 11) is 0. The van der Waals surface area contributed by atoms with E-state index >= 15 is 0 Å². The number of nitrogens with zero attached hydrogens (tertiary/aromatic N) is 4. The maximum absolute atomic E-state index is 11.9. The van der Waals surface area contributed by atoms with E-state index in [0.29, 0.717) is 25.5 Å². The lowest BCUT2D eigenvalue weighted by atomic mass is 9.98. The zero-order valence-corrected chi connectivity index (χ0v) is 24.0. The summed E-state index contributed by atoms with van der Waals surface area (Å²) >= 11 is 0. The second kappa shape index (κ2) is 17.2. The Morgan fingerprint density at radius 1 is 1.08 bits per heavy atom. The second-order valence-corrected chi connectivity index (χ2v) is 10.4. The number of likely N-dealkylation sites (tertiary alicyclic amines) is 1. The van der Waals surface area contributed by atoms with Gasteiger partial charge in [0, 0.05) is 50.3 Å². The van der Waals surface area contributed by atoms with Gasteiger partial charge >= 0.3 is 12.2 Å². The molecule has 0 aromatic carbocycles. The highest BCUT2D eigenvalue weighted by Crippen LogP contribution is 2.23. The summed E-state index contributed by atoms with van der Waals surface area (Å²) in [6, 6.07) is 1.90. The average molecular weight is 559 g/mol. The molecule has 10 N–H and O–H groups in total. The summed E-state index contributed by atoms with van der Waals surface area (Å²) in [4.78, 5) is 37.9. The van der Waals surface area contributed by atoms with Crippen LogP contribution < -0.4 is 17.4 Å². The molecule has 224 valence electrons. The zero-order valence-electron chi connectivity index (χ0n) is 24.0. The number of hydrogen-bond donors (Lipinski definition) is 5. The van der Waals surface area contributed by atoms with Crippen molar-refractivity contribution < 1.29 is 34.4 Å². The number of hydrazine groups is 1. The van der Waals surface area contributed by atoms with Crippen LogP contribution in [0.25, 0.3) is 0 Å². The molecule has 3 rings (SSSR count). The zero-order chi connectivity index (χ0) is 29.7. The van der Waals surface area contributed by atoms with Crippen molar-refractivity contribution in [2.24, 2.45) is 17.6 Å². The first kappa shape index (κ1) is 37.7. The van der Waals surface area contributed by atoms with Crippen LogP contribution in [0.3, 0.4) is 0 Å². The number of aliphatic hydroxyl groups excluding tert-OH is 1. The Bertz CT molecular complexity index is 948. The van der Waals surface area contributed by atoms with E-state index in [4.69, 9.17) is 25.6 Å². The number of anilines is 1. The molecule has 39 heavy (non-hydrogen) atoms. The highest BCUT2D eigenvalue weighted by Gasteiger charge is 2.32. The van der Waals surface area contributed by atoms with Crippen LogP contribution in [0.2, 0.25) is 0 Å². The lowest BCUT2D eigenvalue weighted by molar-refractivity contribution is -0.124. The standard InChI is InChI=1S/C11H18N4O2.C11H16N2O3.C2H6O.H4N2.H2O/c1-11(2,3)17-10(16)15-5-4-8-7(6-15)9(12)14-13-8;1-11(2,3)16-10(15)13-5-4-9(14)8(6-12)7-13;1-2-3;1-2;/h4-6H2,1-3H3,(H3,12,13,14);8H,4-5,7H2,1-3H3;3H,2H2,1H3;1-2H2;1H2. The Kier molecular flexibility index (Phi) is 16.6. The molecule has 2 aliphatic rings. The molecule has 0 saturated carbocycles. The molecule has 0 radical (unpaired) electrons. The molecule has 0 spiro atoms. The first-order valence-electron chi connectivity index (χ1n) is 12.3. The Morgan fingerprint density at radius 2 is 1.54 bits per heavy atom. The van der Waals surface area contributed by atoms with Crippen molar-refractivity contribution in [2.75, 3.05) is 32.0 Å². The third-order valence-corrected chi connectivity index (χ3v) is 4.84. The molecule has 0 aliphatic carbocycles. The minimum Gasteiger partial charge on any atom is -0.444 e. The van der Waals surface area contributed by atoms with Crippen LogP contribution in [0.4, 0.5) is 15.4 Å². The predicted molar refractivity (Wildman–Crippen MR) is 145 cm³/mol. The highest BCUT2D eigenvalue weighted by molar-refractivity contribution is 5.86. The van der Waals surface area contributed by atoms with Gasteiger partial charge in [-0.15, -0.1) is 0 Å². The van der Waals surface area contributed by atoms with Crippen molar-refractivity contribution in [3.63, 3.8) is 0 Å². The maximum Gasteiger partial charge on any atom is 0.410 e.